The van der Waals surface area contributed by atoms with Crippen molar-refractivity contribution in [3.63, 3.8) is 0 Å². The topological polar surface area (TPSA) is 62.4 Å². The monoisotopic (exact) mass is 335 g/mol. The van der Waals surface area contributed by atoms with E-state index >= 15 is 0 Å². The van der Waals surface area contributed by atoms with E-state index in [0.717, 1.165) is 5.69 Å². The number of benzene rings is 2. The summed E-state index contributed by atoms with van der Waals surface area (Å²) in [7, 11) is 0. The van der Waals surface area contributed by atoms with E-state index in [4.69, 9.17) is 28.6 Å². The molecule has 0 aliphatic heterocycles. The largest absolute Gasteiger partial charge is 0.482 e. The molecule has 0 atom stereocenters. The van der Waals surface area contributed by atoms with Gasteiger partial charge in [-0.3, -0.25) is 15.6 Å². The first-order chi connectivity index (χ1) is 10.6. The molecule has 0 aliphatic rings. The summed E-state index contributed by atoms with van der Waals surface area (Å²) in [4.78, 5) is 11.7. The zero-order valence-corrected chi connectivity index (χ0v) is 13.1. The smallest absolute Gasteiger partial charge is 0.276 e. The second-order valence-corrected chi connectivity index (χ2v) is 5.03. The van der Waals surface area contributed by atoms with E-state index in [1.807, 2.05) is 30.3 Å². The number of hydrogen-bond acceptors (Lipinski definition) is 3. The molecule has 1 amide bonds. The molecule has 0 unspecified atom stereocenters. The average molecular weight is 336 g/mol. The number of carbonyl (C=O) groups excluding carboxylic acids is 1. The van der Waals surface area contributed by atoms with E-state index in [0.29, 0.717) is 10.8 Å². The molecule has 114 valence electrons. The van der Waals surface area contributed by atoms with E-state index in [1.165, 1.54) is 0 Å². The molecule has 5 nitrogen and oxygen atoms in total. The van der Waals surface area contributed by atoms with Crippen molar-refractivity contribution in [3.8, 4) is 5.75 Å². The fourth-order valence-corrected chi connectivity index (χ4v) is 1.91. The number of para-hydroxylation sites is 2. The Morgan fingerprint density at radius 2 is 1.73 bits per heavy atom. The molecule has 0 saturated heterocycles. The van der Waals surface area contributed by atoms with E-state index in [2.05, 4.69) is 16.2 Å². The Hall–Kier alpha value is -2.31. The van der Waals surface area contributed by atoms with Crippen LogP contribution in [0.3, 0.4) is 0 Å². The SMILES string of the molecule is O=C(COc1ccccc1Cl)NNC(=S)Nc1ccccc1. The Labute approximate surface area is 138 Å². The van der Waals surface area contributed by atoms with Crippen molar-refractivity contribution >= 4 is 40.5 Å². The van der Waals surface area contributed by atoms with Gasteiger partial charge in [0.2, 0.25) is 0 Å². The maximum absolute atomic E-state index is 11.7. The van der Waals surface area contributed by atoms with E-state index in [9.17, 15) is 4.79 Å². The number of rotatable bonds is 4. The number of nitrogens with one attached hydrogen (secondary N) is 3. The van der Waals surface area contributed by atoms with Crippen molar-refractivity contribution in [1.82, 2.24) is 10.9 Å². The molecule has 2 aromatic rings. The molecule has 22 heavy (non-hydrogen) atoms. The lowest BCUT2D eigenvalue weighted by molar-refractivity contribution is -0.123. The second kappa shape index (κ2) is 8.21. The molecule has 2 rings (SSSR count). The summed E-state index contributed by atoms with van der Waals surface area (Å²) in [5.74, 6) is 0.0708. The van der Waals surface area contributed by atoms with Gasteiger partial charge in [0, 0.05) is 5.69 Å². The minimum absolute atomic E-state index is 0.176. The first-order valence-corrected chi connectivity index (χ1v) is 7.22. The van der Waals surface area contributed by atoms with Gasteiger partial charge in [-0.05, 0) is 36.5 Å². The zero-order chi connectivity index (χ0) is 15.8. The number of hydrogen-bond donors (Lipinski definition) is 3. The minimum Gasteiger partial charge on any atom is -0.482 e. The van der Waals surface area contributed by atoms with Crippen LogP contribution in [-0.2, 0) is 4.79 Å². The standard InChI is InChI=1S/C15H14ClN3O2S/c16-12-8-4-5-9-13(12)21-10-14(20)18-19-15(22)17-11-6-2-1-3-7-11/h1-9H,10H2,(H,18,20)(H2,17,19,22). The molecule has 7 heteroatoms. The molecule has 0 saturated carbocycles. The van der Waals surface area contributed by atoms with Gasteiger partial charge in [-0.1, -0.05) is 41.9 Å². The van der Waals surface area contributed by atoms with E-state index in [1.54, 1.807) is 24.3 Å². The normalized spacial score (nSPS) is 9.68. The predicted molar refractivity (Wildman–Crippen MR) is 90.9 cm³/mol. The van der Waals surface area contributed by atoms with Gasteiger partial charge in [0.25, 0.3) is 5.91 Å². The van der Waals surface area contributed by atoms with Crippen LogP contribution in [0.5, 0.6) is 5.75 Å². The van der Waals surface area contributed by atoms with Crippen LogP contribution >= 0.6 is 23.8 Å². The quantitative estimate of drug-likeness (QED) is 0.592. The molecule has 0 bridgehead atoms. The Bertz CT molecular complexity index is 652. The number of halogens is 1. The van der Waals surface area contributed by atoms with Crippen LogP contribution in [0.1, 0.15) is 0 Å². The minimum atomic E-state index is -0.378. The van der Waals surface area contributed by atoms with Crippen LogP contribution in [0.4, 0.5) is 5.69 Å². The summed E-state index contributed by atoms with van der Waals surface area (Å²) < 4.78 is 5.30. The molecule has 0 radical (unpaired) electrons. The summed E-state index contributed by atoms with van der Waals surface area (Å²) in [6, 6.07) is 16.3. The van der Waals surface area contributed by atoms with Crippen LogP contribution < -0.4 is 20.9 Å². The van der Waals surface area contributed by atoms with Gasteiger partial charge < -0.3 is 10.1 Å². The van der Waals surface area contributed by atoms with Crippen molar-refractivity contribution in [1.29, 1.82) is 0 Å². The number of amides is 1. The lowest BCUT2D eigenvalue weighted by Crippen LogP contribution is -2.45. The van der Waals surface area contributed by atoms with E-state index < -0.39 is 0 Å². The molecule has 0 aliphatic carbocycles. The number of ether oxygens (including phenoxy) is 1. The summed E-state index contributed by atoms with van der Waals surface area (Å²) in [6.45, 7) is -0.176. The highest BCUT2D eigenvalue weighted by Crippen LogP contribution is 2.22. The Balaban J connectivity index is 1.71. The van der Waals surface area contributed by atoms with Crippen LogP contribution in [-0.4, -0.2) is 17.6 Å². The van der Waals surface area contributed by atoms with Gasteiger partial charge in [-0.15, -0.1) is 0 Å². The maximum Gasteiger partial charge on any atom is 0.276 e. The van der Waals surface area contributed by atoms with Crippen LogP contribution in [0.25, 0.3) is 0 Å². The van der Waals surface area contributed by atoms with Crippen molar-refractivity contribution in [2.24, 2.45) is 0 Å². The van der Waals surface area contributed by atoms with Gasteiger partial charge in [0.15, 0.2) is 11.7 Å². The lowest BCUT2D eigenvalue weighted by Gasteiger charge is -2.12. The lowest BCUT2D eigenvalue weighted by atomic mass is 10.3. The first kappa shape index (κ1) is 16.1. The summed E-state index contributed by atoms with van der Waals surface area (Å²) in [5.41, 5.74) is 5.84. The van der Waals surface area contributed by atoms with Crippen molar-refractivity contribution in [2.45, 2.75) is 0 Å². The highest BCUT2D eigenvalue weighted by molar-refractivity contribution is 7.80. The Morgan fingerprint density at radius 3 is 2.45 bits per heavy atom. The summed E-state index contributed by atoms with van der Waals surface area (Å²) >= 11 is 11.0. The second-order valence-electron chi connectivity index (χ2n) is 4.21. The van der Waals surface area contributed by atoms with Gasteiger partial charge in [0.05, 0.1) is 5.02 Å². The summed E-state index contributed by atoms with van der Waals surface area (Å²) in [6.07, 6.45) is 0. The van der Waals surface area contributed by atoms with Crippen LogP contribution in [0, 0.1) is 0 Å². The molecule has 0 fully saturated rings. The zero-order valence-electron chi connectivity index (χ0n) is 11.5. The third-order valence-electron chi connectivity index (χ3n) is 2.54. The first-order valence-electron chi connectivity index (χ1n) is 6.43. The number of anilines is 1. The third kappa shape index (κ3) is 5.23. The third-order valence-corrected chi connectivity index (χ3v) is 3.06. The molecular weight excluding hydrogens is 322 g/mol. The van der Waals surface area contributed by atoms with Crippen LogP contribution in [0.15, 0.2) is 54.6 Å². The molecule has 0 spiro atoms. The molecular formula is C15H14ClN3O2S. The highest BCUT2D eigenvalue weighted by Gasteiger charge is 2.05. The number of hydrazine groups is 1. The van der Waals surface area contributed by atoms with Gasteiger partial charge >= 0.3 is 0 Å². The Morgan fingerprint density at radius 1 is 1.05 bits per heavy atom. The maximum atomic E-state index is 11.7. The van der Waals surface area contributed by atoms with Gasteiger partial charge in [0.1, 0.15) is 5.75 Å². The van der Waals surface area contributed by atoms with E-state index in [-0.39, 0.29) is 17.6 Å². The van der Waals surface area contributed by atoms with Gasteiger partial charge in [-0.25, -0.2) is 0 Å². The molecule has 2 aromatic carbocycles. The fraction of sp³-hybridized carbons (Fsp3) is 0.0667. The predicted octanol–water partition coefficient (Wildman–Crippen LogP) is 2.74. The van der Waals surface area contributed by atoms with Crippen molar-refractivity contribution in [3.05, 3.63) is 59.6 Å². The molecule has 3 N–H and O–H groups in total. The van der Waals surface area contributed by atoms with Crippen molar-refractivity contribution in [2.75, 3.05) is 11.9 Å². The number of thiocarbonyl (C=S) groups is 1. The Kier molecular flexibility index (Phi) is 6.00. The highest BCUT2D eigenvalue weighted by atomic mass is 35.5. The summed E-state index contributed by atoms with van der Waals surface area (Å²) in [5, 5.41) is 3.65. The fourth-order valence-electron chi connectivity index (χ4n) is 1.55. The van der Waals surface area contributed by atoms with Crippen molar-refractivity contribution < 1.29 is 9.53 Å². The molecule has 0 heterocycles. The molecule has 0 aromatic heterocycles. The average Bonchev–Trinajstić information content (AvgIpc) is 2.53. The number of carbonyl (C=O) groups is 1. The van der Waals surface area contributed by atoms with Crippen LogP contribution in [0.2, 0.25) is 5.02 Å². The van der Waals surface area contributed by atoms with Gasteiger partial charge in [-0.2, -0.15) is 0 Å².